The van der Waals surface area contributed by atoms with Gasteiger partial charge >= 0.3 is 5.97 Å². The Bertz CT molecular complexity index is 1060. The summed E-state index contributed by atoms with van der Waals surface area (Å²) in [6.07, 6.45) is 0. The Morgan fingerprint density at radius 3 is 2.46 bits per heavy atom. The monoisotopic (exact) mass is 370 g/mol. The van der Waals surface area contributed by atoms with E-state index in [1.807, 2.05) is 13.0 Å². The van der Waals surface area contributed by atoms with Crippen LogP contribution in [0, 0.1) is 12.3 Å². The maximum atomic E-state index is 13.1. The molecule has 0 amide bonds. The highest BCUT2D eigenvalue weighted by Gasteiger charge is 2.28. The minimum atomic E-state index is -0.772. The Morgan fingerprint density at radius 2 is 1.81 bits per heavy atom. The van der Waals surface area contributed by atoms with Crippen molar-refractivity contribution in [2.75, 3.05) is 0 Å². The molecule has 26 heavy (non-hydrogen) atoms. The van der Waals surface area contributed by atoms with Crippen LogP contribution in [-0.4, -0.2) is 5.97 Å². The highest BCUT2D eigenvalue weighted by molar-refractivity contribution is 6.33. The van der Waals surface area contributed by atoms with E-state index in [1.54, 1.807) is 57.2 Å². The second-order valence-electron chi connectivity index (χ2n) is 7.21. The zero-order valence-electron chi connectivity index (χ0n) is 15.1. The van der Waals surface area contributed by atoms with Crippen molar-refractivity contribution in [3.63, 3.8) is 0 Å². The lowest BCUT2D eigenvalue weighted by atomic mass is 9.97. The molecule has 0 spiro atoms. The van der Waals surface area contributed by atoms with Gasteiger partial charge in [0.15, 0.2) is 5.76 Å². The van der Waals surface area contributed by atoms with Gasteiger partial charge in [0.2, 0.25) is 11.2 Å². The highest BCUT2D eigenvalue weighted by atomic mass is 35.5. The van der Waals surface area contributed by atoms with Crippen LogP contribution in [0.1, 0.15) is 26.3 Å². The van der Waals surface area contributed by atoms with Gasteiger partial charge in [0.05, 0.1) is 15.8 Å². The van der Waals surface area contributed by atoms with Crippen LogP contribution >= 0.6 is 11.6 Å². The minimum Gasteiger partial charge on any atom is -0.452 e. The molecule has 0 bridgehead atoms. The van der Waals surface area contributed by atoms with Gasteiger partial charge in [0.25, 0.3) is 0 Å². The number of aryl methyl sites for hydroxylation is 1. The number of rotatable bonds is 2. The normalized spacial score (nSPS) is 11.6. The average molecular weight is 371 g/mol. The Labute approximate surface area is 156 Å². The minimum absolute atomic E-state index is 0.142. The van der Waals surface area contributed by atoms with Crippen molar-refractivity contribution in [1.82, 2.24) is 0 Å². The van der Waals surface area contributed by atoms with Crippen molar-refractivity contribution < 1.29 is 13.9 Å². The van der Waals surface area contributed by atoms with Gasteiger partial charge in [-0.25, -0.2) is 0 Å². The van der Waals surface area contributed by atoms with E-state index in [-0.39, 0.29) is 11.5 Å². The summed E-state index contributed by atoms with van der Waals surface area (Å²) >= 11 is 6.28. The summed E-state index contributed by atoms with van der Waals surface area (Å²) in [4.78, 5) is 25.5. The summed E-state index contributed by atoms with van der Waals surface area (Å²) in [5.74, 6) is -0.518. The summed E-state index contributed by atoms with van der Waals surface area (Å²) in [5, 5.41) is 0.757. The quantitative estimate of drug-likeness (QED) is 0.569. The van der Waals surface area contributed by atoms with Crippen LogP contribution in [-0.2, 0) is 4.79 Å². The molecule has 134 valence electrons. The number of hydrogen-bond donors (Lipinski definition) is 0. The molecule has 2 aromatic carbocycles. The summed E-state index contributed by atoms with van der Waals surface area (Å²) in [7, 11) is 0. The van der Waals surface area contributed by atoms with Crippen LogP contribution in [0.5, 0.6) is 5.75 Å². The highest BCUT2D eigenvalue weighted by Crippen LogP contribution is 2.36. The lowest BCUT2D eigenvalue weighted by Crippen LogP contribution is -2.28. The van der Waals surface area contributed by atoms with Gasteiger partial charge in [-0.3, -0.25) is 9.59 Å². The lowest BCUT2D eigenvalue weighted by molar-refractivity contribution is -0.143. The maximum absolute atomic E-state index is 13.1. The number of esters is 1. The molecule has 4 nitrogen and oxygen atoms in total. The topological polar surface area (TPSA) is 56.5 Å². The van der Waals surface area contributed by atoms with Crippen molar-refractivity contribution in [3.8, 4) is 17.1 Å². The molecular weight excluding hydrogens is 352 g/mol. The number of carbonyl (C=O) groups excluding carboxylic acids is 1. The summed E-state index contributed by atoms with van der Waals surface area (Å²) < 4.78 is 11.4. The summed E-state index contributed by atoms with van der Waals surface area (Å²) in [5.41, 5.74) is 0.633. The Balaban J connectivity index is 2.33. The number of carbonyl (C=O) groups is 1. The van der Waals surface area contributed by atoms with E-state index in [1.165, 1.54) is 0 Å². The molecule has 3 aromatic rings. The first-order chi connectivity index (χ1) is 12.2. The van der Waals surface area contributed by atoms with E-state index < -0.39 is 16.8 Å². The number of fused-ring (bicyclic) bond motifs is 1. The van der Waals surface area contributed by atoms with Crippen LogP contribution in [0.15, 0.2) is 51.7 Å². The lowest BCUT2D eigenvalue weighted by Gasteiger charge is -2.18. The molecule has 0 atom stereocenters. The molecule has 0 saturated heterocycles. The standard InChI is InChI=1S/C21H19ClO4/c1-12-9-10-16-14(11-12)17(23)19(26-20(24)21(2,3)4)18(25-16)13-7-5-6-8-15(13)22/h5-11H,1-4H3. The molecule has 0 aliphatic heterocycles. The fraction of sp³-hybridized carbons (Fsp3) is 0.238. The third kappa shape index (κ3) is 3.37. The zero-order chi connectivity index (χ0) is 19.1. The summed E-state index contributed by atoms with van der Waals surface area (Å²) in [6, 6.07) is 12.2. The first-order valence-corrected chi connectivity index (χ1v) is 8.61. The first kappa shape index (κ1) is 18.2. The van der Waals surface area contributed by atoms with E-state index >= 15 is 0 Å². The van der Waals surface area contributed by atoms with Crippen LogP contribution < -0.4 is 10.2 Å². The molecule has 0 aliphatic rings. The summed E-state index contributed by atoms with van der Waals surface area (Å²) in [6.45, 7) is 7.04. The largest absolute Gasteiger partial charge is 0.452 e. The molecule has 3 rings (SSSR count). The predicted molar refractivity (Wildman–Crippen MR) is 103 cm³/mol. The Hall–Kier alpha value is -2.59. The van der Waals surface area contributed by atoms with Gasteiger partial charge in [-0.1, -0.05) is 35.4 Å². The van der Waals surface area contributed by atoms with E-state index in [9.17, 15) is 9.59 Å². The predicted octanol–water partition coefficient (Wildman–Crippen LogP) is 5.37. The Morgan fingerprint density at radius 1 is 1.12 bits per heavy atom. The molecule has 1 heterocycles. The van der Waals surface area contributed by atoms with Crippen molar-refractivity contribution >= 4 is 28.5 Å². The third-order valence-corrected chi connectivity index (χ3v) is 4.26. The number of benzene rings is 2. The molecule has 0 fully saturated rings. The van der Waals surface area contributed by atoms with Crippen LogP contribution in [0.3, 0.4) is 0 Å². The molecule has 1 aromatic heterocycles. The van der Waals surface area contributed by atoms with Crippen molar-refractivity contribution in [3.05, 3.63) is 63.3 Å². The van der Waals surface area contributed by atoms with E-state index in [4.69, 9.17) is 20.8 Å². The van der Waals surface area contributed by atoms with Gasteiger partial charge in [-0.2, -0.15) is 0 Å². The van der Waals surface area contributed by atoms with Gasteiger partial charge in [0, 0.05) is 5.56 Å². The van der Waals surface area contributed by atoms with Crippen LogP contribution in [0.4, 0.5) is 0 Å². The van der Waals surface area contributed by atoms with Gasteiger partial charge in [0.1, 0.15) is 5.58 Å². The van der Waals surface area contributed by atoms with Crippen LogP contribution in [0.25, 0.3) is 22.3 Å². The Kier molecular flexibility index (Phi) is 4.63. The van der Waals surface area contributed by atoms with Gasteiger partial charge in [-0.15, -0.1) is 0 Å². The number of halogens is 1. The number of hydrogen-bond acceptors (Lipinski definition) is 4. The third-order valence-electron chi connectivity index (χ3n) is 3.93. The first-order valence-electron chi connectivity index (χ1n) is 8.23. The molecule has 5 heteroatoms. The second kappa shape index (κ2) is 6.61. The van der Waals surface area contributed by atoms with Crippen molar-refractivity contribution in [2.45, 2.75) is 27.7 Å². The fourth-order valence-electron chi connectivity index (χ4n) is 2.45. The SMILES string of the molecule is Cc1ccc2oc(-c3ccccc3Cl)c(OC(=O)C(C)(C)C)c(=O)c2c1. The average Bonchev–Trinajstić information content (AvgIpc) is 2.57. The van der Waals surface area contributed by atoms with Crippen LogP contribution in [0.2, 0.25) is 5.02 Å². The molecule has 0 aliphatic carbocycles. The van der Waals surface area contributed by atoms with E-state index in [2.05, 4.69) is 0 Å². The molecular formula is C21H19ClO4. The van der Waals surface area contributed by atoms with E-state index in [0.717, 1.165) is 5.56 Å². The molecule has 0 saturated carbocycles. The van der Waals surface area contributed by atoms with Crippen molar-refractivity contribution in [1.29, 1.82) is 0 Å². The van der Waals surface area contributed by atoms with Gasteiger partial charge < -0.3 is 9.15 Å². The molecule has 0 unspecified atom stereocenters. The van der Waals surface area contributed by atoms with Crippen molar-refractivity contribution in [2.24, 2.45) is 5.41 Å². The second-order valence-corrected chi connectivity index (χ2v) is 7.62. The fourth-order valence-corrected chi connectivity index (χ4v) is 2.67. The zero-order valence-corrected chi connectivity index (χ0v) is 15.8. The van der Waals surface area contributed by atoms with Gasteiger partial charge in [-0.05, 0) is 52.0 Å². The molecule has 0 radical (unpaired) electrons. The number of ether oxygens (including phenoxy) is 1. The van der Waals surface area contributed by atoms with E-state index in [0.29, 0.717) is 21.6 Å². The molecule has 0 N–H and O–H groups in total. The maximum Gasteiger partial charge on any atom is 0.316 e. The smallest absolute Gasteiger partial charge is 0.316 e.